The molecule has 12 heteroatoms. The summed E-state index contributed by atoms with van der Waals surface area (Å²) in [5.41, 5.74) is 37.6. The van der Waals surface area contributed by atoms with Crippen molar-refractivity contribution in [1.29, 1.82) is 0 Å². The first-order valence-corrected chi connectivity index (χ1v) is 46.2. The fourth-order valence-corrected chi connectivity index (χ4v) is 16.8. The number of hydrogen-bond acceptors (Lipinski definition) is 8. The molecule has 0 saturated heterocycles. The first-order valence-electron chi connectivity index (χ1n) is 46.2. The van der Waals surface area contributed by atoms with Crippen LogP contribution >= 0.6 is 0 Å². The van der Waals surface area contributed by atoms with Crippen LogP contribution in [0.2, 0.25) is 0 Å². The second-order valence-electron chi connectivity index (χ2n) is 32.8. The topological polar surface area (TPSA) is 103 Å². The molecule has 20 aromatic rings. The smallest absolute Gasteiger partial charge is 0.0239 e. The van der Waals surface area contributed by atoms with Crippen LogP contribution in [0.4, 0.5) is 0 Å². The minimum absolute atomic E-state index is 0. The second kappa shape index (κ2) is 54.4. The second-order valence-corrected chi connectivity index (χ2v) is 32.8. The van der Waals surface area contributed by atoms with Crippen LogP contribution in [0.5, 0.6) is 0 Å². The third-order valence-corrected chi connectivity index (χ3v) is 23.8. The molecule has 688 valence electrons. The van der Waals surface area contributed by atoms with Crippen LogP contribution in [0.1, 0.15) is 83.0 Å². The Bertz CT molecular complexity index is 6230. The van der Waals surface area contributed by atoms with Crippen LogP contribution in [0.15, 0.2) is 438 Å². The molecular weight excluding hydrogens is 2390 g/mol. The van der Waals surface area contributed by atoms with Crippen LogP contribution in [0.3, 0.4) is 0 Å². The van der Waals surface area contributed by atoms with Crippen molar-refractivity contribution in [2.45, 2.75) is 89.9 Å². The summed E-state index contributed by atoms with van der Waals surface area (Å²) >= 11 is 0. The largest absolute Gasteiger partial charge is 0.304 e. The van der Waals surface area contributed by atoms with Crippen molar-refractivity contribution in [3.63, 3.8) is 0 Å². The molecule has 0 N–H and O–H groups in total. The molecule has 0 atom stereocenters. The number of fused-ring (bicyclic) bond motifs is 4. The number of hydrogen-bond donors (Lipinski definition) is 0. The van der Waals surface area contributed by atoms with Gasteiger partial charge in [-0.05, 0) is 203 Å². The van der Waals surface area contributed by atoms with Crippen molar-refractivity contribution in [3.05, 3.63) is 531 Å². The molecule has 12 aromatic carbocycles. The molecule has 0 spiro atoms. The molecular formula is C126H100Ir4N8-8. The van der Waals surface area contributed by atoms with Crippen molar-refractivity contribution in [2.24, 2.45) is 0 Å². The summed E-state index contributed by atoms with van der Waals surface area (Å²) < 4.78 is 0. The summed E-state index contributed by atoms with van der Waals surface area (Å²) in [6.07, 6.45) is 32.9. The molecule has 8 nitrogen and oxygen atoms in total. The molecule has 0 fully saturated rings. The van der Waals surface area contributed by atoms with Crippen LogP contribution in [0, 0.1) is 48.5 Å². The predicted octanol–water partition coefficient (Wildman–Crippen LogP) is 29.8. The number of pyridine rings is 8. The average molecular weight is 2500 g/mol. The van der Waals surface area contributed by atoms with Crippen LogP contribution in [0.25, 0.3) is 135 Å². The molecule has 8 aromatic heterocycles. The van der Waals surface area contributed by atoms with Gasteiger partial charge in [0.25, 0.3) is 0 Å². The summed E-state index contributed by atoms with van der Waals surface area (Å²) in [5, 5.41) is 0. The Morgan fingerprint density at radius 2 is 0.384 bits per heavy atom. The number of aryl methyl sites for hydroxylation is 6. The van der Waals surface area contributed by atoms with Crippen molar-refractivity contribution < 1.29 is 80.4 Å². The van der Waals surface area contributed by atoms with E-state index in [4.69, 9.17) is 0 Å². The SMILES string of the molecule is [Ir].[Ir].[Ir].[Ir].[c-]1ccccc1-c1cc2c(cn1)CCC2.[c-]1ccccc1-c1cc2c(cn1)CCCC2.[c-]1ccccc1-c1ccc(-c2ccccc2)cn1.[c-]1ccccc1-c1ccc(-c2ccccc2)cn1.[c-]1ccccc1-c1ccc(-c2ccccc2)cn1.[c-]1ccccc1-c1ccc(-c2ccccc2)cn1.[c-]1ccccc1-c1nccc2c1CCC2.[c-]1ccccc1-c1nccc2c1CCCC2. The average Bonchev–Trinajstić information content (AvgIpc) is 1.50. The molecule has 4 aliphatic rings. The summed E-state index contributed by atoms with van der Waals surface area (Å²) in [6, 6.07) is 156. The van der Waals surface area contributed by atoms with Crippen molar-refractivity contribution in [2.75, 3.05) is 0 Å². The van der Waals surface area contributed by atoms with Gasteiger partial charge in [-0.2, -0.15) is 0 Å². The minimum Gasteiger partial charge on any atom is -0.304 e. The van der Waals surface area contributed by atoms with E-state index in [1.165, 1.54) is 157 Å². The Hall–Kier alpha value is -13.6. The third kappa shape index (κ3) is 28.8. The third-order valence-electron chi connectivity index (χ3n) is 23.8. The van der Waals surface area contributed by atoms with Crippen LogP contribution in [-0.2, 0) is 132 Å². The van der Waals surface area contributed by atoms with Crippen molar-refractivity contribution in [1.82, 2.24) is 39.9 Å². The quantitative estimate of drug-likeness (QED) is 0.111. The Kier molecular flexibility index (Phi) is 40.1. The van der Waals surface area contributed by atoms with E-state index in [0.717, 1.165) is 112 Å². The van der Waals surface area contributed by atoms with Gasteiger partial charge in [0.1, 0.15) is 0 Å². The summed E-state index contributed by atoms with van der Waals surface area (Å²) in [7, 11) is 0. The zero-order chi connectivity index (χ0) is 90.6. The van der Waals surface area contributed by atoms with E-state index < -0.39 is 0 Å². The van der Waals surface area contributed by atoms with Gasteiger partial charge >= 0.3 is 0 Å². The number of nitrogens with zero attached hydrogens (tertiary/aromatic N) is 8. The Morgan fingerprint density at radius 3 is 0.667 bits per heavy atom. The first kappa shape index (κ1) is 102. The maximum atomic E-state index is 4.53. The molecule has 138 heavy (non-hydrogen) atoms. The van der Waals surface area contributed by atoms with Crippen molar-refractivity contribution in [3.8, 4) is 135 Å². The molecule has 4 aliphatic carbocycles. The Balaban J connectivity index is 0.000000133. The summed E-state index contributed by atoms with van der Waals surface area (Å²) in [5.74, 6) is 0. The zero-order valence-corrected chi connectivity index (χ0v) is 86.0. The van der Waals surface area contributed by atoms with Gasteiger partial charge in [0, 0.05) is 130 Å². The normalized spacial score (nSPS) is 11.7. The Morgan fingerprint density at radius 1 is 0.159 bits per heavy atom. The van der Waals surface area contributed by atoms with E-state index in [1.54, 1.807) is 0 Å². The zero-order valence-electron chi connectivity index (χ0n) is 76.4. The number of benzene rings is 12. The predicted molar refractivity (Wildman–Crippen MR) is 547 cm³/mol. The molecule has 24 rings (SSSR count). The number of rotatable bonds is 12. The van der Waals surface area contributed by atoms with Gasteiger partial charge in [0.05, 0.1) is 0 Å². The van der Waals surface area contributed by atoms with Crippen LogP contribution in [-0.4, -0.2) is 39.9 Å². The van der Waals surface area contributed by atoms with E-state index in [2.05, 4.69) is 216 Å². The van der Waals surface area contributed by atoms with Gasteiger partial charge in [-0.25, -0.2) is 0 Å². The standard InChI is InChI=1S/4C17H12N.2C15H14N.2C14H12N.4Ir/c4*1-3-7-14(8-4-1)16-11-12-17(18-13-16)15-9-5-2-6-10-15;1-2-7-13(8-3-1)15-14-9-5-4-6-12(14)10-11-16-15;1-2-6-12(7-3-1)15-10-13-8-4-5-9-14(13)11-16-15;1-2-5-11(6-3-1)14-9-12-7-4-8-13(12)10-15-14;1-2-5-12(6-3-1)14-13-8-4-7-11(13)9-10-15-14;;;;/h4*1-9,11-13H;1-3,7,10-11H,4-6,9H2;1-3,6,10-11H,4-5,8-9H2;2*1-3,5,9-10H,4,7-8H2;;;;/q8*-1;;;;. The van der Waals surface area contributed by atoms with Gasteiger partial charge in [0.2, 0.25) is 0 Å². The molecule has 0 saturated carbocycles. The van der Waals surface area contributed by atoms with E-state index in [9.17, 15) is 0 Å². The molecule has 4 radical (unpaired) electrons. The number of aromatic nitrogens is 8. The fourth-order valence-electron chi connectivity index (χ4n) is 16.8. The van der Waals surface area contributed by atoms with Gasteiger partial charge < -0.3 is 39.9 Å². The van der Waals surface area contributed by atoms with E-state index in [1.807, 2.05) is 310 Å². The minimum atomic E-state index is 0. The molecule has 0 aliphatic heterocycles. The maximum absolute atomic E-state index is 4.53. The van der Waals surface area contributed by atoms with Crippen LogP contribution < -0.4 is 0 Å². The van der Waals surface area contributed by atoms with Gasteiger partial charge in [0.15, 0.2) is 0 Å². The summed E-state index contributed by atoms with van der Waals surface area (Å²) in [4.78, 5) is 36.0. The molecule has 8 heterocycles. The first-order chi connectivity index (χ1) is 66.5. The van der Waals surface area contributed by atoms with Gasteiger partial charge in [-0.15, -0.1) is 287 Å². The Labute approximate surface area is 867 Å². The van der Waals surface area contributed by atoms with Crippen molar-refractivity contribution >= 4 is 0 Å². The van der Waals surface area contributed by atoms with E-state index in [0.29, 0.717) is 0 Å². The molecule has 0 amide bonds. The van der Waals surface area contributed by atoms with E-state index in [-0.39, 0.29) is 80.4 Å². The monoisotopic (exact) mass is 2500 g/mol. The summed E-state index contributed by atoms with van der Waals surface area (Å²) in [6.45, 7) is 0. The maximum Gasteiger partial charge on any atom is 0.0239 e. The van der Waals surface area contributed by atoms with Gasteiger partial charge in [-0.1, -0.05) is 215 Å². The molecule has 0 bridgehead atoms. The fraction of sp³-hybridized carbons (Fsp3) is 0.111. The van der Waals surface area contributed by atoms with E-state index >= 15 is 0 Å². The molecule has 0 unspecified atom stereocenters. The van der Waals surface area contributed by atoms with Gasteiger partial charge in [-0.3, -0.25) is 0 Å².